The molecule has 1 aromatic heterocycles. The molecule has 0 saturated heterocycles. The second kappa shape index (κ2) is 4.98. The summed E-state index contributed by atoms with van der Waals surface area (Å²) in [5.74, 6) is -0.200. The highest BCUT2D eigenvalue weighted by atomic mass is 32.1. The number of hydrogen-bond donors (Lipinski definition) is 1. The lowest BCUT2D eigenvalue weighted by Crippen LogP contribution is -2.12. The first-order chi connectivity index (χ1) is 8.06. The molecule has 0 spiro atoms. The second-order valence-electron chi connectivity index (χ2n) is 4.34. The smallest absolute Gasteiger partial charge is 0.123 e. The van der Waals surface area contributed by atoms with Gasteiger partial charge in [0, 0.05) is 15.8 Å². The van der Waals surface area contributed by atoms with Crippen molar-refractivity contribution in [3.63, 3.8) is 0 Å². The van der Waals surface area contributed by atoms with Crippen molar-refractivity contribution in [1.29, 1.82) is 0 Å². The van der Waals surface area contributed by atoms with Crippen LogP contribution in [-0.4, -0.2) is 0 Å². The summed E-state index contributed by atoms with van der Waals surface area (Å²) >= 11 is 1.73. The van der Waals surface area contributed by atoms with Crippen molar-refractivity contribution < 1.29 is 4.39 Å². The van der Waals surface area contributed by atoms with Crippen LogP contribution in [0.25, 0.3) is 0 Å². The fourth-order valence-electron chi connectivity index (χ4n) is 2.04. The fraction of sp³-hybridized carbons (Fsp3) is 0.286. The molecule has 1 nitrogen and oxygen atoms in total. The van der Waals surface area contributed by atoms with E-state index in [1.165, 1.54) is 21.4 Å². The molecule has 0 radical (unpaired) electrons. The van der Waals surface area contributed by atoms with Gasteiger partial charge in [-0.15, -0.1) is 11.3 Å². The van der Waals surface area contributed by atoms with Gasteiger partial charge in [0.15, 0.2) is 0 Å². The summed E-state index contributed by atoms with van der Waals surface area (Å²) in [6, 6.07) is 8.75. The van der Waals surface area contributed by atoms with Crippen molar-refractivity contribution >= 4 is 11.3 Å². The molecule has 0 amide bonds. The number of halogens is 1. The van der Waals surface area contributed by atoms with E-state index in [4.69, 9.17) is 5.73 Å². The number of hydrogen-bond acceptors (Lipinski definition) is 2. The van der Waals surface area contributed by atoms with E-state index in [1.807, 2.05) is 6.07 Å². The van der Waals surface area contributed by atoms with Gasteiger partial charge in [0.2, 0.25) is 0 Å². The first kappa shape index (κ1) is 12.3. The van der Waals surface area contributed by atoms with Crippen molar-refractivity contribution in [2.45, 2.75) is 26.3 Å². The molecule has 1 unspecified atom stereocenters. The Hall–Kier alpha value is -1.19. The predicted molar refractivity (Wildman–Crippen MR) is 70.8 cm³/mol. The van der Waals surface area contributed by atoms with Crippen molar-refractivity contribution in [3.8, 4) is 0 Å². The summed E-state index contributed by atoms with van der Waals surface area (Å²) in [6.45, 7) is 4.15. The quantitative estimate of drug-likeness (QED) is 0.881. The standard InChI is InChI=1S/C14H16FNS/c1-9-6-10(2)17-14(9)13(16)8-11-4-3-5-12(15)7-11/h3-7,13H,8,16H2,1-2H3. The van der Waals surface area contributed by atoms with Crippen LogP contribution < -0.4 is 5.73 Å². The molecule has 0 bridgehead atoms. The molecule has 1 atom stereocenters. The van der Waals surface area contributed by atoms with E-state index >= 15 is 0 Å². The lowest BCUT2D eigenvalue weighted by Gasteiger charge is -2.11. The minimum absolute atomic E-state index is 0.0458. The summed E-state index contributed by atoms with van der Waals surface area (Å²) in [5, 5.41) is 0. The highest BCUT2D eigenvalue weighted by Gasteiger charge is 2.12. The summed E-state index contributed by atoms with van der Waals surface area (Å²) < 4.78 is 13.1. The van der Waals surface area contributed by atoms with Crippen LogP contribution in [-0.2, 0) is 6.42 Å². The highest BCUT2D eigenvalue weighted by molar-refractivity contribution is 7.12. The molecule has 0 aliphatic rings. The number of rotatable bonds is 3. The van der Waals surface area contributed by atoms with Crippen LogP contribution >= 0.6 is 11.3 Å². The third kappa shape index (κ3) is 2.93. The molecule has 2 N–H and O–H groups in total. The summed E-state index contributed by atoms with van der Waals surface area (Å²) in [5.41, 5.74) is 8.36. The minimum atomic E-state index is -0.200. The highest BCUT2D eigenvalue weighted by Crippen LogP contribution is 2.28. The monoisotopic (exact) mass is 249 g/mol. The Balaban J connectivity index is 2.16. The number of benzene rings is 1. The largest absolute Gasteiger partial charge is 0.323 e. The first-order valence-electron chi connectivity index (χ1n) is 5.63. The van der Waals surface area contributed by atoms with Crippen LogP contribution in [0.4, 0.5) is 4.39 Å². The van der Waals surface area contributed by atoms with Gasteiger partial charge in [0.05, 0.1) is 0 Å². The van der Waals surface area contributed by atoms with Crippen LogP contribution in [0, 0.1) is 19.7 Å². The number of aryl methyl sites for hydroxylation is 2. The topological polar surface area (TPSA) is 26.0 Å². The molecule has 0 saturated carbocycles. The van der Waals surface area contributed by atoms with Crippen LogP contribution in [0.15, 0.2) is 30.3 Å². The average molecular weight is 249 g/mol. The van der Waals surface area contributed by atoms with Gasteiger partial charge < -0.3 is 5.73 Å². The maximum Gasteiger partial charge on any atom is 0.123 e. The van der Waals surface area contributed by atoms with E-state index < -0.39 is 0 Å². The van der Waals surface area contributed by atoms with E-state index in [9.17, 15) is 4.39 Å². The lowest BCUT2D eigenvalue weighted by molar-refractivity contribution is 0.622. The zero-order valence-corrected chi connectivity index (χ0v) is 10.9. The Morgan fingerprint density at radius 3 is 2.65 bits per heavy atom. The van der Waals surface area contributed by atoms with Gasteiger partial charge >= 0.3 is 0 Å². The number of thiophene rings is 1. The van der Waals surface area contributed by atoms with Crippen molar-refractivity contribution in [1.82, 2.24) is 0 Å². The van der Waals surface area contributed by atoms with Gasteiger partial charge in [0.1, 0.15) is 5.82 Å². The molecule has 2 rings (SSSR count). The maximum atomic E-state index is 13.1. The van der Waals surface area contributed by atoms with Crippen LogP contribution in [0.5, 0.6) is 0 Å². The SMILES string of the molecule is Cc1cc(C)c(C(N)Cc2cccc(F)c2)s1. The molecule has 2 aromatic rings. The molecular formula is C14H16FNS. The summed E-state index contributed by atoms with van der Waals surface area (Å²) in [4.78, 5) is 2.47. The predicted octanol–water partition coefficient (Wildman–Crippen LogP) is 3.75. The van der Waals surface area contributed by atoms with Gasteiger partial charge in [0.25, 0.3) is 0 Å². The molecule has 0 fully saturated rings. The van der Waals surface area contributed by atoms with Crippen LogP contribution in [0.3, 0.4) is 0 Å². The molecule has 0 aliphatic carbocycles. The van der Waals surface area contributed by atoms with E-state index in [0.29, 0.717) is 6.42 Å². The summed E-state index contributed by atoms with van der Waals surface area (Å²) in [7, 11) is 0. The van der Waals surface area contributed by atoms with Gasteiger partial charge in [-0.1, -0.05) is 12.1 Å². The van der Waals surface area contributed by atoms with Gasteiger partial charge in [-0.2, -0.15) is 0 Å². The van der Waals surface area contributed by atoms with Crippen molar-refractivity contribution in [3.05, 3.63) is 57.0 Å². The third-order valence-electron chi connectivity index (χ3n) is 2.76. The molecule has 3 heteroatoms. The van der Waals surface area contributed by atoms with Crippen molar-refractivity contribution in [2.75, 3.05) is 0 Å². The molecule has 1 heterocycles. The molecule has 90 valence electrons. The normalized spacial score (nSPS) is 12.7. The maximum absolute atomic E-state index is 13.1. The summed E-state index contributed by atoms with van der Waals surface area (Å²) in [6.07, 6.45) is 0.679. The van der Waals surface area contributed by atoms with Gasteiger partial charge in [-0.05, 0) is 49.6 Å². The van der Waals surface area contributed by atoms with E-state index in [-0.39, 0.29) is 11.9 Å². The van der Waals surface area contributed by atoms with Crippen LogP contribution in [0.2, 0.25) is 0 Å². The Labute approximate surface area is 105 Å². The van der Waals surface area contributed by atoms with Crippen molar-refractivity contribution in [2.24, 2.45) is 5.73 Å². The molecule has 0 aliphatic heterocycles. The number of nitrogens with two attached hydrogens (primary N) is 1. The molecular weight excluding hydrogens is 233 g/mol. The van der Waals surface area contributed by atoms with Gasteiger partial charge in [-0.25, -0.2) is 4.39 Å². The lowest BCUT2D eigenvalue weighted by atomic mass is 10.0. The molecule has 1 aromatic carbocycles. The third-order valence-corrected chi connectivity index (χ3v) is 4.05. The van der Waals surface area contributed by atoms with E-state index in [0.717, 1.165) is 5.56 Å². The second-order valence-corrected chi connectivity index (χ2v) is 5.63. The zero-order valence-electron chi connectivity index (χ0n) is 10.0. The Kier molecular flexibility index (Phi) is 3.60. The molecule has 17 heavy (non-hydrogen) atoms. The van der Waals surface area contributed by atoms with Gasteiger partial charge in [-0.3, -0.25) is 0 Å². The van der Waals surface area contributed by atoms with E-state index in [2.05, 4.69) is 19.9 Å². The van der Waals surface area contributed by atoms with E-state index in [1.54, 1.807) is 23.5 Å². The first-order valence-corrected chi connectivity index (χ1v) is 6.45. The Bertz CT molecular complexity index is 519. The minimum Gasteiger partial charge on any atom is -0.323 e. The average Bonchev–Trinajstić information content (AvgIpc) is 2.58. The Morgan fingerprint density at radius 2 is 2.06 bits per heavy atom. The zero-order chi connectivity index (χ0) is 12.4. The van der Waals surface area contributed by atoms with Crippen LogP contribution in [0.1, 0.15) is 26.9 Å². The fourth-order valence-corrected chi connectivity index (χ4v) is 3.08. The Morgan fingerprint density at radius 1 is 1.29 bits per heavy atom.